The quantitative estimate of drug-likeness (QED) is 0.334. The fourth-order valence-electron chi connectivity index (χ4n) is 1.70. The van der Waals surface area contributed by atoms with Gasteiger partial charge in [0.1, 0.15) is 11.9 Å². The lowest BCUT2D eigenvalue weighted by Crippen LogP contribution is -2.39. The number of carboxylic acid groups (broad SMARTS) is 1. The van der Waals surface area contributed by atoms with Gasteiger partial charge in [-0.1, -0.05) is 30.3 Å². The molecule has 0 bridgehead atoms. The fraction of sp³-hybridized carbons (Fsp3) is 0.267. The van der Waals surface area contributed by atoms with Crippen molar-refractivity contribution in [2.24, 2.45) is 5.73 Å². The average Bonchev–Trinajstić information content (AvgIpc) is 2.53. The van der Waals surface area contributed by atoms with Gasteiger partial charge in [-0.15, -0.1) is 0 Å². The number of hydroxylamine groups is 1. The van der Waals surface area contributed by atoms with Crippen molar-refractivity contribution in [2.75, 3.05) is 6.54 Å². The highest BCUT2D eigenvalue weighted by Crippen LogP contribution is 2.13. The summed E-state index contributed by atoms with van der Waals surface area (Å²) in [6, 6.07) is 7.50. The molecular formula is C15H16N2O5. The SMILES string of the molecule is NCCC(=C=O)C(=C=O)[C@H](NOCc1ccccc1)C(=O)O. The second-order valence-corrected chi connectivity index (χ2v) is 4.30. The molecule has 1 aromatic rings. The van der Waals surface area contributed by atoms with E-state index in [4.69, 9.17) is 15.7 Å². The first-order chi connectivity index (χ1) is 10.6. The predicted octanol–water partition coefficient (Wildman–Crippen LogP) is 0.0258. The summed E-state index contributed by atoms with van der Waals surface area (Å²) >= 11 is 0. The van der Waals surface area contributed by atoms with Gasteiger partial charge in [0.05, 0.1) is 17.8 Å². The molecule has 7 heteroatoms. The molecule has 0 saturated carbocycles. The van der Waals surface area contributed by atoms with Gasteiger partial charge >= 0.3 is 5.97 Å². The van der Waals surface area contributed by atoms with Crippen molar-refractivity contribution in [1.29, 1.82) is 0 Å². The van der Waals surface area contributed by atoms with Gasteiger partial charge in [-0.2, -0.15) is 5.48 Å². The highest BCUT2D eigenvalue weighted by Gasteiger charge is 2.27. The first-order valence-corrected chi connectivity index (χ1v) is 6.47. The van der Waals surface area contributed by atoms with Crippen molar-refractivity contribution in [3.05, 3.63) is 47.0 Å². The highest BCUT2D eigenvalue weighted by atomic mass is 16.6. The Labute approximate surface area is 127 Å². The van der Waals surface area contributed by atoms with Crippen molar-refractivity contribution in [1.82, 2.24) is 5.48 Å². The van der Waals surface area contributed by atoms with Gasteiger partial charge in [-0.3, -0.25) is 9.63 Å². The molecule has 0 aliphatic rings. The van der Waals surface area contributed by atoms with Crippen LogP contribution in [0.4, 0.5) is 0 Å². The van der Waals surface area contributed by atoms with Gasteiger partial charge in [0, 0.05) is 0 Å². The average molecular weight is 304 g/mol. The van der Waals surface area contributed by atoms with E-state index in [9.17, 15) is 14.4 Å². The van der Waals surface area contributed by atoms with Crippen LogP contribution in [0.5, 0.6) is 0 Å². The van der Waals surface area contributed by atoms with E-state index in [0.717, 1.165) is 5.56 Å². The molecule has 0 unspecified atom stereocenters. The summed E-state index contributed by atoms with van der Waals surface area (Å²) in [5, 5.41) is 9.17. The molecule has 1 aromatic carbocycles. The number of hydrogen-bond donors (Lipinski definition) is 3. The Bertz CT molecular complexity index is 602. The molecule has 4 N–H and O–H groups in total. The second kappa shape index (κ2) is 9.41. The van der Waals surface area contributed by atoms with Crippen LogP contribution in [-0.2, 0) is 25.8 Å². The van der Waals surface area contributed by atoms with Crippen molar-refractivity contribution >= 4 is 17.9 Å². The molecule has 0 aromatic heterocycles. The zero-order valence-electron chi connectivity index (χ0n) is 11.7. The zero-order valence-corrected chi connectivity index (χ0v) is 11.7. The largest absolute Gasteiger partial charge is 0.480 e. The summed E-state index contributed by atoms with van der Waals surface area (Å²) in [7, 11) is 0. The summed E-state index contributed by atoms with van der Waals surface area (Å²) < 4.78 is 0. The maximum Gasteiger partial charge on any atom is 0.328 e. The van der Waals surface area contributed by atoms with Crippen molar-refractivity contribution < 1.29 is 24.3 Å². The molecule has 0 aliphatic carbocycles. The molecule has 0 fully saturated rings. The monoisotopic (exact) mass is 304 g/mol. The third kappa shape index (κ3) is 5.10. The van der Waals surface area contributed by atoms with Gasteiger partial charge in [0.25, 0.3) is 0 Å². The van der Waals surface area contributed by atoms with Crippen LogP contribution >= 0.6 is 0 Å². The Kier molecular flexibility index (Phi) is 7.50. The topological polar surface area (TPSA) is 119 Å². The van der Waals surface area contributed by atoms with E-state index in [1.807, 2.05) is 6.07 Å². The number of carbonyl (C=O) groups excluding carboxylic acids is 2. The van der Waals surface area contributed by atoms with Gasteiger partial charge in [-0.25, -0.2) is 9.59 Å². The molecule has 1 rings (SSSR count). The molecule has 0 amide bonds. The van der Waals surface area contributed by atoms with E-state index in [2.05, 4.69) is 5.48 Å². The van der Waals surface area contributed by atoms with Crippen LogP contribution in [-0.4, -0.2) is 35.5 Å². The molecule has 0 aliphatic heterocycles. The van der Waals surface area contributed by atoms with Gasteiger partial charge in [-0.05, 0) is 18.5 Å². The number of rotatable bonds is 9. The predicted molar refractivity (Wildman–Crippen MR) is 77.9 cm³/mol. The van der Waals surface area contributed by atoms with E-state index in [-0.39, 0.29) is 30.7 Å². The van der Waals surface area contributed by atoms with Gasteiger partial charge in [0.2, 0.25) is 0 Å². The third-order valence-electron chi connectivity index (χ3n) is 2.77. The van der Waals surface area contributed by atoms with Crippen molar-refractivity contribution in [2.45, 2.75) is 19.1 Å². The highest BCUT2D eigenvalue weighted by molar-refractivity contribution is 5.86. The number of benzene rings is 1. The van der Waals surface area contributed by atoms with Gasteiger partial charge < -0.3 is 10.8 Å². The van der Waals surface area contributed by atoms with Crippen LogP contribution in [0.15, 0.2) is 41.5 Å². The van der Waals surface area contributed by atoms with E-state index in [1.165, 1.54) is 11.9 Å². The van der Waals surface area contributed by atoms with E-state index in [1.54, 1.807) is 24.3 Å². The van der Waals surface area contributed by atoms with Crippen LogP contribution in [0.1, 0.15) is 12.0 Å². The number of nitrogens with one attached hydrogen (secondary N) is 1. The van der Waals surface area contributed by atoms with Crippen LogP contribution in [0, 0.1) is 0 Å². The van der Waals surface area contributed by atoms with E-state index in [0.29, 0.717) is 0 Å². The standard InChI is InChI=1S/C15H16N2O5/c16-7-6-12(8-18)13(9-19)14(15(20)21)17-22-10-11-4-2-1-3-5-11/h1-5,14,17H,6-7,10,16H2,(H,20,21)/t14-/m0/s1. The Morgan fingerprint density at radius 3 is 2.45 bits per heavy atom. The maximum absolute atomic E-state index is 11.3. The van der Waals surface area contributed by atoms with Crippen LogP contribution in [0.2, 0.25) is 0 Å². The minimum absolute atomic E-state index is 0.0260. The molecule has 116 valence electrons. The van der Waals surface area contributed by atoms with Crippen LogP contribution in [0.3, 0.4) is 0 Å². The maximum atomic E-state index is 11.3. The summed E-state index contributed by atoms with van der Waals surface area (Å²) in [5.41, 5.74) is 7.86. The number of nitrogens with two attached hydrogens (primary N) is 1. The minimum Gasteiger partial charge on any atom is -0.480 e. The summed E-state index contributed by atoms with van der Waals surface area (Å²) in [4.78, 5) is 38.2. The molecule has 22 heavy (non-hydrogen) atoms. The summed E-state index contributed by atoms with van der Waals surface area (Å²) in [6.07, 6.45) is 0.0260. The Morgan fingerprint density at radius 2 is 1.95 bits per heavy atom. The number of carboxylic acids is 1. The lowest BCUT2D eigenvalue weighted by Gasteiger charge is -2.15. The minimum atomic E-state index is -1.52. The third-order valence-corrected chi connectivity index (χ3v) is 2.77. The number of aliphatic carboxylic acids is 1. The smallest absolute Gasteiger partial charge is 0.328 e. The summed E-state index contributed by atoms with van der Waals surface area (Å²) in [6.45, 7) is 0.167. The van der Waals surface area contributed by atoms with Crippen LogP contribution < -0.4 is 11.2 Å². The molecular weight excluding hydrogens is 288 g/mol. The summed E-state index contributed by atoms with van der Waals surface area (Å²) in [5.74, 6) is 1.60. The lowest BCUT2D eigenvalue weighted by molar-refractivity contribution is -0.142. The Morgan fingerprint density at radius 1 is 1.27 bits per heavy atom. The number of hydrogen-bond acceptors (Lipinski definition) is 6. The Balaban J connectivity index is 2.78. The zero-order chi connectivity index (χ0) is 16.4. The molecule has 0 spiro atoms. The van der Waals surface area contributed by atoms with E-state index < -0.39 is 12.0 Å². The normalized spacial score (nSPS) is 11.1. The second-order valence-electron chi connectivity index (χ2n) is 4.30. The molecule has 0 radical (unpaired) electrons. The number of carbonyl (C=O) groups is 1. The first kappa shape index (κ1) is 17.5. The molecule has 1 atom stereocenters. The van der Waals surface area contributed by atoms with Crippen molar-refractivity contribution in [3.8, 4) is 0 Å². The van der Waals surface area contributed by atoms with Crippen LogP contribution in [0.25, 0.3) is 0 Å². The fourth-order valence-corrected chi connectivity index (χ4v) is 1.70. The molecule has 0 saturated heterocycles. The van der Waals surface area contributed by atoms with Gasteiger partial charge in [0.15, 0.2) is 6.04 Å². The Hall–Kier alpha value is -2.53. The molecule has 0 heterocycles. The first-order valence-electron chi connectivity index (χ1n) is 6.47. The van der Waals surface area contributed by atoms with Crippen molar-refractivity contribution in [3.63, 3.8) is 0 Å². The molecule has 7 nitrogen and oxygen atoms in total. The van der Waals surface area contributed by atoms with E-state index >= 15 is 0 Å². The lowest BCUT2D eigenvalue weighted by atomic mass is 9.99.